The van der Waals surface area contributed by atoms with Crippen LogP contribution in [0.2, 0.25) is 0 Å². The molecule has 0 aromatic heterocycles. The minimum absolute atomic E-state index is 0.00825. The van der Waals surface area contributed by atoms with Crippen LogP contribution in [0.1, 0.15) is 174 Å². The summed E-state index contributed by atoms with van der Waals surface area (Å²) in [5.74, 6) is 0.00825. The van der Waals surface area contributed by atoms with Gasteiger partial charge in [0.15, 0.2) is 0 Å². The number of esters is 1. The molecule has 0 fully saturated rings. The van der Waals surface area contributed by atoms with Gasteiger partial charge in [-0.2, -0.15) is 0 Å². The number of unbranched alkanes of at least 4 members (excludes halogenated alkanes) is 22. The van der Waals surface area contributed by atoms with Gasteiger partial charge in [0.1, 0.15) is 0 Å². The summed E-state index contributed by atoms with van der Waals surface area (Å²) in [6, 6.07) is 0. The zero-order valence-corrected chi connectivity index (χ0v) is 21.7. The van der Waals surface area contributed by atoms with Crippen molar-refractivity contribution < 1.29 is 9.53 Å². The van der Waals surface area contributed by atoms with Crippen molar-refractivity contribution in [1.82, 2.24) is 0 Å². The van der Waals surface area contributed by atoms with Gasteiger partial charge in [-0.25, -0.2) is 0 Å². The lowest BCUT2D eigenvalue weighted by atomic mass is 10.0. The Morgan fingerprint density at radius 1 is 0.419 bits per heavy atom. The van der Waals surface area contributed by atoms with Crippen LogP contribution < -0.4 is 0 Å². The second-order valence-electron chi connectivity index (χ2n) is 9.75. The molecule has 0 saturated carbocycles. The van der Waals surface area contributed by atoms with E-state index in [1.807, 2.05) is 0 Å². The third kappa shape index (κ3) is 27.4. The van der Waals surface area contributed by atoms with E-state index in [1.54, 1.807) is 0 Å². The predicted octanol–water partition coefficient (Wildman–Crippen LogP) is 10.3. The third-order valence-corrected chi connectivity index (χ3v) is 6.50. The molecule has 0 amide bonds. The summed E-state index contributed by atoms with van der Waals surface area (Å²) in [6.45, 7) is 5.08. The van der Waals surface area contributed by atoms with Gasteiger partial charge in [0.05, 0.1) is 6.61 Å². The predicted molar refractivity (Wildman–Crippen MR) is 138 cm³/mol. The van der Waals surface area contributed by atoms with Crippen LogP contribution in [0, 0.1) is 0 Å². The second kappa shape index (κ2) is 27.5. The highest BCUT2D eigenvalue weighted by atomic mass is 16.5. The molecule has 186 valence electrons. The zero-order chi connectivity index (χ0) is 22.7. The summed E-state index contributed by atoms with van der Waals surface area (Å²) in [6.07, 6.45) is 33.2. The van der Waals surface area contributed by atoms with Gasteiger partial charge in [0.25, 0.3) is 0 Å². The molecule has 0 aliphatic rings. The lowest BCUT2D eigenvalue weighted by Gasteiger charge is -2.05. The van der Waals surface area contributed by atoms with Crippen molar-refractivity contribution in [2.45, 2.75) is 174 Å². The number of rotatable bonds is 26. The van der Waals surface area contributed by atoms with Crippen LogP contribution in [0.15, 0.2) is 0 Å². The molecule has 2 nitrogen and oxygen atoms in total. The molecule has 0 atom stereocenters. The van der Waals surface area contributed by atoms with Gasteiger partial charge >= 0.3 is 5.97 Å². The standard InChI is InChI=1S/C29H58O2/c1-3-5-7-8-9-10-11-12-13-14-15-16-17-18-19-20-21-22-23-24-25-27-29(30)31-28-26-6-4-2/h3-28H2,1-2H3. The fraction of sp³-hybridized carbons (Fsp3) is 0.966. The van der Waals surface area contributed by atoms with E-state index >= 15 is 0 Å². The van der Waals surface area contributed by atoms with Crippen molar-refractivity contribution in [3.8, 4) is 0 Å². The Balaban J connectivity index is 3.07. The van der Waals surface area contributed by atoms with E-state index in [1.165, 1.54) is 135 Å². The van der Waals surface area contributed by atoms with Crippen LogP contribution in [0.4, 0.5) is 0 Å². The van der Waals surface area contributed by atoms with Gasteiger partial charge < -0.3 is 4.74 Å². The van der Waals surface area contributed by atoms with E-state index in [-0.39, 0.29) is 5.97 Å². The van der Waals surface area contributed by atoms with E-state index in [9.17, 15) is 4.79 Å². The Bertz CT molecular complexity index is 340. The SMILES string of the molecule is CCCCCCCCCCCCCCCCCCCCCCCC(=O)OCCCCC. The average Bonchev–Trinajstić information content (AvgIpc) is 2.77. The Hall–Kier alpha value is -0.530. The summed E-state index contributed by atoms with van der Waals surface area (Å²) in [5, 5.41) is 0. The third-order valence-electron chi connectivity index (χ3n) is 6.50. The second-order valence-corrected chi connectivity index (χ2v) is 9.75. The van der Waals surface area contributed by atoms with Crippen molar-refractivity contribution in [1.29, 1.82) is 0 Å². The average molecular weight is 439 g/mol. The fourth-order valence-corrected chi connectivity index (χ4v) is 4.31. The molecule has 0 radical (unpaired) electrons. The van der Waals surface area contributed by atoms with Crippen molar-refractivity contribution in [3.05, 3.63) is 0 Å². The first-order valence-corrected chi connectivity index (χ1v) is 14.5. The van der Waals surface area contributed by atoms with Crippen molar-refractivity contribution >= 4 is 5.97 Å². The van der Waals surface area contributed by atoms with Crippen molar-refractivity contribution in [3.63, 3.8) is 0 Å². The number of carbonyl (C=O) groups excluding carboxylic acids is 1. The minimum Gasteiger partial charge on any atom is -0.466 e. The van der Waals surface area contributed by atoms with E-state index in [4.69, 9.17) is 4.74 Å². The summed E-state index contributed by atoms with van der Waals surface area (Å²) in [7, 11) is 0. The molecule has 0 saturated heterocycles. The van der Waals surface area contributed by atoms with E-state index < -0.39 is 0 Å². The smallest absolute Gasteiger partial charge is 0.305 e. The summed E-state index contributed by atoms with van der Waals surface area (Å²) in [4.78, 5) is 11.6. The summed E-state index contributed by atoms with van der Waals surface area (Å²) in [5.41, 5.74) is 0. The van der Waals surface area contributed by atoms with Crippen LogP contribution in [0.25, 0.3) is 0 Å². The number of hydrogen-bond donors (Lipinski definition) is 0. The lowest BCUT2D eigenvalue weighted by Crippen LogP contribution is -2.05. The summed E-state index contributed by atoms with van der Waals surface area (Å²) >= 11 is 0. The van der Waals surface area contributed by atoms with Crippen LogP contribution >= 0.6 is 0 Å². The molecule has 2 heteroatoms. The molecule has 0 heterocycles. The number of hydrogen-bond acceptors (Lipinski definition) is 2. The van der Waals surface area contributed by atoms with Gasteiger partial charge in [-0.15, -0.1) is 0 Å². The quantitative estimate of drug-likeness (QED) is 0.0991. The van der Waals surface area contributed by atoms with Crippen molar-refractivity contribution in [2.24, 2.45) is 0 Å². The van der Waals surface area contributed by atoms with E-state index in [0.717, 1.165) is 19.3 Å². The Kier molecular flexibility index (Phi) is 27.0. The highest BCUT2D eigenvalue weighted by Crippen LogP contribution is 2.15. The molecule has 0 aromatic carbocycles. The first kappa shape index (κ1) is 30.5. The molecule has 31 heavy (non-hydrogen) atoms. The maximum Gasteiger partial charge on any atom is 0.305 e. The van der Waals surface area contributed by atoms with Crippen LogP contribution in [0.5, 0.6) is 0 Å². The summed E-state index contributed by atoms with van der Waals surface area (Å²) < 4.78 is 5.25. The molecule has 0 aliphatic heterocycles. The van der Waals surface area contributed by atoms with E-state index in [2.05, 4.69) is 13.8 Å². The Morgan fingerprint density at radius 3 is 1.06 bits per heavy atom. The molecule has 0 bridgehead atoms. The van der Waals surface area contributed by atoms with E-state index in [0.29, 0.717) is 13.0 Å². The molecular weight excluding hydrogens is 380 g/mol. The normalized spacial score (nSPS) is 11.2. The number of ether oxygens (including phenoxy) is 1. The first-order valence-electron chi connectivity index (χ1n) is 14.5. The van der Waals surface area contributed by atoms with Crippen molar-refractivity contribution in [2.75, 3.05) is 6.61 Å². The maximum atomic E-state index is 11.6. The van der Waals surface area contributed by atoms with Gasteiger partial charge in [0.2, 0.25) is 0 Å². The minimum atomic E-state index is 0.00825. The number of carbonyl (C=O) groups is 1. The molecule has 0 N–H and O–H groups in total. The molecular formula is C29H58O2. The fourth-order valence-electron chi connectivity index (χ4n) is 4.31. The molecule has 0 spiro atoms. The highest BCUT2D eigenvalue weighted by molar-refractivity contribution is 5.69. The first-order chi connectivity index (χ1) is 15.3. The van der Waals surface area contributed by atoms with Crippen LogP contribution in [-0.4, -0.2) is 12.6 Å². The Labute approximate surface area is 196 Å². The highest BCUT2D eigenvalue weighted by Gasteiger charge is 2.02. The van der Waals surface area contributed by atoms with Gasteiger partial charge in [-0.3, -0.25) is 4.79 Å². The molecule has 0 unspecified atom stereocenters. The monoisotopic (exact) mass is 438 g/mol. The zero-order valence-electron chi connectivity index (χ0n) is 21.7. The largest absolute Gasteiger partial charge is 0.466 e. The molecule has 0 aromatic rings. The van der Waals surface area contributed by atoms with Crippen LogP contribution in [0.3, 0.4) is 0 Å². The topological polar surface area (TPSA) is 26.3 Å². The molecule has 0 rings (SSSR count). The van der Waals surface area contributed by atoms with Gasteiger partial charge in [0, 0.05) is 6.42 Å². The van der Waals surface area contributed by atoms with Gasteiger partial charge in [-0.1, -0.05) is 155 Å². The van der Waals surface area contributed by atoms with Crippen LogP contribution in [-0.2, 0) is 9.53 Å². The maximum absolute atomic E-state index is 11.6. The lowest BCUT2D eigenvalue weighted by molar-refractivity contribution is -0.143. The molecule has 0 aliphatic carbocycles. The Morgan fingerprint density at radius 2 is 0.710 bits per heavy atom. The van der Waals surface area contributed by atoms with Gasteiger partial charge in [-0.05, 0) is 12.8 Å².